The first-order valence-corrected chi connectivity index (χ1v) is 7.45. The molecule has 1 aromatic rings. The molecule has 1 rings (SSSR count). The normalized spacial score (nSPS) is 12.8. The summed E-state index contributed by atoms with van der Waals surface area (Å²) in [4.78, 5) is 11.1. The van der Waals surface area contributed by atoms with Crippen molar-refractivity contribution in [1.82, 2.24) is 0 Å². The lowest BCUT2D eigenvalue weighted by atomic mass is 10.2. The van der Waals surface area contributed by atoms with Gasteiger partial charge in [0.1, 0.15) is 0 Å². The zero-order valence-corrected chi connectivity index (χ0v) is 11.5. The van der Waals surface area contributed by atoms with Crippen LogP contribution in [0.5, 0.6) is 0 Å². The van der Waals surface area contributed by atoms with E-state index in [1.54, 1.807) is 31.2 Å². The molecule has 0 heterocycles. The van der Waals surface area contributed by atoms with Crippen molar-refractivity contribution in [1.29, 1.82) is 0 Å². The second-order valence-electron chi connectivity index (χ2n) is 3.58. The number of amides is 1. The predicted molar refractivity (Wildman–Crippen MR) is 73.3 cm³/mol. The minimum atomic E-state index is -3.33. The highest BCUT2D eigenvalue weighted by atomic mass is 35.5. The van der Waals surface area contributed by atoms with Gasteiger partial charge in [-0.3, -0.25) is 4.79 Å². The quantitative estimate of drug-likeness (QED) is 0.668. The molecule has 0 fully saturated rings. The van der Waals surface area contributed by atoms with Gasteiger partial charge in [-0.2, -0.15) is 0 Å². The van der Waals surface area contributed by atoms with Crippen molar-refractivity contribution in [2.45, 2.75) is 11.6 Å². The Hall–Kier alpha value is -1.33. The van der Waals surface area contributed by atoms with E-state index in [0.717, 1.165) is 6.08 Å². The third-order valence-corrected chi connectivity index (χ3v) is 5.12. The van der Waals surface area contributed by atoms with Crippen LogP contribution >= 0.6 is 11.6 Å². The number of benzene rings is 1. The maximum atomic E-state index is 11.6. The zero-order valence-electron chi connectivity index (χ0n) is 9.89. The van der Waals surface area contributed by atoms with Crippen LogP contribution in [0.25, 0.3) is 0 Å². The first-order valence-electron chi connectivity index (χ1n) is 5.29. The molecule has 0 aliphatic carbocycles. The van der Waals surface area contributed by atoms with Crippen LogP contribution in [0, 0.1) is 0 Å². The van der Waals surface area contributed by atoms with Crippen LogP contribution in [0.15, 0.2) is 36.9 Å². The molecule has 18 heavy (non-hydrogen) atoms. The molecule has 0 bridgehead atoms. The van der Waals surface area contributed by atoms with Crippen molar-refractivity contribution in [2.75, 3.05) is 11.1 Å². The molecule has 0 aliphatic rings. The van der Waals surface area contributed by atoms with Crippen LogP contribution in [-0.4, -0.2) is 20.1 Å². The number of carbonyl (C=O) groups is 1. The van der Waals surface area contributed by atoms with Crippen molar-refractivity contribution in [2.24, 2.45) is 0 Å². The molecule has 0 radical (unpaired) electrons. The lowest BCUT2D eigenvalue weighted by molar-refractivity contribution is -0.111. The predicted octanol–water partition coefficient (Wildman–Crippen LogP) is 2.48. The van der Waals surface area contributed by atoms with E-state index in [2.05, 4.69) is 11.9 Å². The molecule has 0 aromatic heterocycles. The fraction of sp³-hybridized carbons (Fsp3) is 0.250. The maximum absolute atomic E-state index is 11.6. The minimum absolute atomic E-state index is 0.0177. The fourth-order valence-corrected chi connectivity index (χ4v) is 2.65. The monoisotopic (exact) mass is 287 g/mol. The standard InChI is InChI=1S/C12H14ClNO3S/c1-3-11(15)14-10-7-5-9(6-8-10)12(13)18(16,17)4-2/h3,5-8,12H,1,4H2,2H3,(H,14,15). The first-order chi connectivity index (χ1) is 8.40. The van der Waals surface area contributed by atoms with E-state index in [1.165, 1.54) is 0 Å². The average molecular weight is 288 g/mol. The van der Waals surface area contributed by atoms with Crippen LogP contribution in [0.4, 0.5) is 5.69 Å². The first kappa shape index (κ1) is 14.7. The fourth-order valence-electron chi connectivity index (χ4n) is 1.26. The van der Waals surface area contributed by atoms with Crippen molar-refractivity contribution in [3.63, 3.8) is 0 Å². The van der Waals surface area contributed by atoms with Crippen LogP contribution < -0.4 is 5.32 Å². The van der Waals surface area contributed by atoms with E-state index < -0.39 is 14.5 Å². The van der Waals surface area contributed by atoms with Gasteiger partial charge in [-0.15, -0.1) is 11.6 Å². The van der Waals surface area contributed by atoms with E-state index in [9.17, 15) is 13.2 Å². The lowest BCUT2D eigenvalue weighted by Gasteiger charge is -2.10. The van der Waals surface area contributed by atoms with E-state index in [1.807, 2.05) is 0 Å². The molecule has 4 nitrogen and oxygen atoms in total. The molecule has 0 aliphatic heterocycles. The third kappa shape index (κ3) is 3.58. The van der Waals surface area contributed by atoms with Gasteiger partial charge in [0.2, 0.25) is 5.91 Å². The SMILES string of the molecule is C=CC(=O)Nc1ccc(C(Cl)S(=O)(=O)CC)cc1. The van der Waals surface area contributed by atoms with Crippen LogP contribution in [0.1, 0.15) is 17.2 Å². The second-order valence-corrected chi connectivity index (χ2v) is 6.65. The summed E-state index contributed by atoms with van der Waals surface area (Å²) in [6, 6.07) is 6.34. The van der Waals surface area contributed by atoms with Gasteiger partial charge in [0, 0.05) is 11.4 Å². The highest BCUT2D eigenvalue weighted by molar-refractivity contribution is 7.92. The van der Waals surface area contributed by atoms with E-state index >= 15 is 0 Å². The Balaban J connectivity index is 2.89. The number of halogens is 1. The van der Waals surface area contributed by atoms with E-state index in [-0.39, 0.29) is 11.7 Å². The summed E-state index contributed by atoms with van der Waals surface area (Å²) in [6.45, 7) is 4.88. The van der Waals surface area contributed by atoms with Crippen molar-refractivity contribution >= 4 is 33.0 Å². The third-order valence-electron chi connectivity index (χ3n) is 2.34. The minimum Gasteiger partial charge on any atom is -0.323 e. The summed E-state index contributed by atoms with van der Waals surface area (Å²) < 4.78 is 22.1. The number of sulfone groups is 1. The number of hydrogen-bond acceptors (Lipinski definition) is 3. The largest absolute Gasteiger partial charge is 0.323 e. The highest BCUT2D eigenvalue weighted by Crippen LogP contribution is 2.28. The summed E-state index contributed by atoms with van der Waals surface area (Å²) in [5.41, 5.74) is 1.04. The summed E-state index contributed by atoms with van der Waals surface area (Å²) in [7, 11) is -3.33. The Bertz CT molecular complexity index is 537. The number of hydrogen-bond donors (Lipinski definition) is 1. The Labute approximate surface area is 112 Å². The Morgan fingerprint density at radius 3 is 2.44 bits per heavy atom. The molecular formula is C12H14ClNO3S. The van der Waals surface area contributed by atoms with E-state index in [0.29, 0.717) is 11.3 Å². The van der Waals surface area contributed by atoms with Gasteiger partial charge in [-0.1, -0.05) is 25.6 Å². The molecule has 6 heteroatoms. The van der Waals surface area contributed by atoms with Gasteiger partial charge in [0.25, 0.3) is 0 Å². The van der Waals surface area contributed by atoms with Gasteiger partial charge in [0.15, 0.2) is 14.5 Å². The summed E-state index contributed by atoms with van der Waals surface area (Å²) in [5, 5.41) is 2.56. The molecule has 0 saturated heterocycles. The smallest absolute Gasteiger partial charge is 0.247 e. The molecule has 0 spiro atoms. The van der Waals surface area contributed by atoms with Gasteiger partial charge in [0.05, 0.1) is 0 Å². The molecular weight excluding hydrogens is 274 g/mol. The molecule has 1 aromatic carbocycles. The zero-order chi connectivity index (χ0) is 13.8. The van der Waals surface area contributed by atoms with Crippen LogP contribution in [-0.2, 0) is 14.6 Å². The Morgan fingerprint density at radius 2 is 2.00 bits per heavy atom. The lowest BCUT2D eigenvalue weighted by Crippen LogP contribution is -2.11. The molecule has 1 N–H and O–H groups in total. The van der Waals surface area contributed by atoms with Crippen LogP contribution in [0.3, 0.4) is 0 Å². The molecule has 1 atom stereocenters. The number of carbonyl (C=O) groups excluding carboxylic acids is 1. The molecule has 98 valence electrons. The van der Waals surface area contributed by atoms with Crippen molar-refractivity contribution in [3.05, 3.63) is 42.5 Å². The summed E-state index contributed by atoms with van der Waals surface area (Å²) >= 11 is 5.89. The number of anilines is 1. The van der Waals surface area contributed by atoms with Crippen LogP contribution in [0.2, 0.25) is 0 Å². The number of rotatable bonds is 5. The molecule has 0 saturated carbocycles. The molecule has 1 unspecified atom stereocenters. The van der Waals surface area contributed by atoms with Gasteiger partial charge in [-0.05, 0) is 23.8 Å². The highest BCUT2D eigenvalue weighted by Gasteiger charge is 2.22. The Kier molecular flexibility index (Phi) is 4.93. The molecule has 1 amide bonds. The van der Waals surface area contributed by atoms with Gasteiger partial charge in [-0.25, -0.2) is 8.42 Å². The number of nitrogens with one attached hydrogen (secondary N) is 1. The maximum Gasteiger partial charge on any atom is 0.247 e. The topological polar surface area (TPSA) is 63.2 Å². The van der Waals surface area contributed by atoms with Crippen molar-refractivity contribution < 1.29 is 13.2 Å². The Morgan fingerprint density at radius 1 is 1.44 bits per heavy atom. The second kappa shape index (κ2) is 6.02. The average Bonchev–Trinajstić information content (AvgIpc) is 2.38. The van der Waals surface area contributed by atoms with Gasteiger partial charge < -0.3 is 5.32 Å². The van der Waals surface area contributed by atoms with E-state index in [4.69, 9.17) is 11.6 Å². The number of alkyl halides is 1. The van der Waals surface area contributed by atoms with Gasteiger partial charge >= 0.3 is 0 Å². The van der Waals surface area contributed by atoms with Crippen molar-refractivity contribution in [3.8, 4) is 0 Å². The summed E-state index contributed by atoms with van der Waals surface area (Å²) in [5.74, 6) is -0.345. The summed E-state index contributed by atoms with van der Waals surface area (Å²) in [6.07, 6.45) is 1.15.